The molecule has 49 heavy (non-hydrogen) atoms. The number of amides is 1. The van der Waals surface area contributed by atoms with Gasteiger partial charge in [0.05, 0.1) is 48.3 Å². The molecule has 0 aliphatic carbocycles. The van der Waals surface area contributed by atoms with Crippen LogP contribution in [0.25, 0.3) is 0 Å². The normalized spacial score (nSPS) is 13.0. The Hall–Kier alpha value is -2.44. The first-order valence-corrected chi connectivity index (χ1v) is 16.9. The van der Waals surface area contributed by atoms with Crippen molar-refractivity contribution < 1.29 is 18.4 Å². The van der Waals surface area contributed by atoms with E-state index in [1.807, 2.05) is 18.5 Å². The number of benzene rings is 2. The number of aryl methyl sites for hydroxylation is 2. The Labute approximate surface area is 316 Å². The van der Waals surface area contributed by atoms with E-state index in [0.29, 0.717) is 47.4 Å². The van der Waals surface area contributed by atoms with E-state index in [1.165, 1.54) is 17.7 Å². The molecule has 2 aliphatic heterocycles. The molecule has 4 aromatic rings. The number of halogens is 8. The third-order valence-electron chi connectivity index (χ3n) is 7.79. The molecule has 1 N–H and O–H groups in total. The van der Waals surface area contributed by atoms with Gasteiger partial charge in [0.1, 0.15) is 17.5 Å². The van der Waals surface area contributed by atoms with Crippen LogP contribution in [0.1, 0.15) is 52.5 Å². The average molecular weight is 801 g/mol. The number of alkyl halides is 2. The van der Waals surface area contributed by atoms with Gasteiger partial charge in [0.25, 0.3) is 0 Å². The summed E-state index contributed by atoms with van der Waals surface area (Å²) in [6.07, 6.45) is 1.73. The summed E-state index contributed by atoms with van der Waals surface area (Å²) in [5.74, 6) is -0.863. The number of carbonyl (C=O) groups is 2. The van der Waals surface area contributed by atoms with Crippen molar-refractivity contribution in [3.63, 3.8) is 0 Å². The highest BCUT2D eigenvalue weighted by Gasteiger charge is 2.26. The number of nitrogens with one attached hydrogen (secondary N) is 1. The van der Waals surface area contributed by atoms with E-state index >= 15 is 0 Å². The lowest BCUT2D eigenvalue weighted by molar-refractivity contribution is -0.129. The summed E-state index contributed by atoms with van der Waals surface area (Å²) < 4.78 is 31.5. The second-order valence-corrected chi connectivity index (χ2v) is 12.8. The molecule has 0 radical (unpaired) electrons. The molecule has 8 nitrogen and oxygen atoms in total. The highest BCUT2D eigenvalue weighted by Crippen LogP contribution is 2.25. The minimum absolute atomic E-state index is 0. The van der Waals surface area contributed by atoms with Gasteiger partial charge in [-0.25, -0.2) is 8.78 Å². The number of aromatic nitrogens is 4. The molecule has 0 bridgehead atoms. The Balaban J connectivity index is 0.000000292. The summed E-state index contributed by atoms with van der Waals surface area (Å²) in [7, 11) is 0. The highest BCUT2D eigenvalue weighted by molar-refractivity contribution is 6.67. The van der Waals surface area contributed by atoms with Crippen molar-refractivity contribution in [1.82, 2.24) is 29.8 Å². The lowest BCUT2D eigenvalue weighted by atomic mass is 10.0. The fraction of sp³-hybridized carbons (Fsp3) is 0.394. The second-order valence-electron chi connectivity index (χ2n) is 10.9. The van der Waals surface area contributed by atoms with Gasteiger partial charge in [0.15, 0.2) is 0 Å². The summed E-state index contributed by atoms with van der Waals surface area (Å²) >= 11 is 26.8. The largest absolute Gasteiger partial charge is 0.335 e. The van der Waals surface area contributed by atoms with E-state index in [9.17, 15) is 18.4 Å². The minimum atomic E-state index is -0.508. The van der Waals surface area contributed by atoms with Crippen LogP contribution in [-0.4, -0.2) is 60.5 Å². The quantitative estimate of drug-likeness (QED) is 0.159. The van der Waals surface area contributed by atoms with Gasteiger partial charge in [-0.05, 0) is 80.2 Å². The predicted molar refractivity (Wildman–Crippen MR) is 196 cm³/mol. The van der Waals surface area contributed by atoms with E-state index in [2.05, 4.69) is 15.5 Å². The molecular formula is C33H38Cl6F2N6O2. The first-order chi connectivity index (χ1) is 22.4. The first-order valence-electron chi connectivity index (χ1n) is 14.7. The molecule has 0 saturated carbocycles. The van der Waals surface area contributed by atoms with Gasteiger partial charge < -0.3 is 10.2 Å². The third-order valence-corrected chi connectivity index (χ3v) is 9.01. The molecule has 6 rings (SSSR count). The van der Waals surface area contributed by atoms with Gasteiger partial charge >= 0.3 is 0 Å². The van der Waals surface area contributed by atoms with Crippen LogP contribution in [0.2, 0.25) is 10.0 Å². The maximum absolute atomic E-state index is 14.0. The van der Waals surface area contributed by atoms with Crippen molar-refractivity contribution >= 4 is 81.6 Å². The van der Waals surface area contributed by atoms with E-state index in [4.69, 9.17) is 58.0 Å². The SMILES string of the molecule is C.Cc1nn(Cc2ccc(Cl)cc2F)c2c1CCN(C(=O)CCl)C2.Cc1nn(Cc2ccc(Cl)cc2F)c2c1CCNC2.Cl.O=C(Cl)CCl. The number of carbonyl (C=O) groups excluding carboxylic acids is 2. The van der Waals surface area contributed by atoms with Gasteiger partial charge in [0.2, 0.25) is 11.1 Å². The second kappa shape index (κ2) is 19.8. The molecular weight excluding hydrogens is 763 g/mol. The van der Waals surface area contributed by atoms with Gasteiger partial charge in [-0.15, -0.1) is 35.6 Å². The van der Waals surface area contributed by atoms with Gasteiger partial charge in [-0.1, -0.05) is 42.8 Å². The van der Waals surface area contributed by atoms with Crippen LogP contribution in [0.5, 0.6) is 0 Å². The molecule has 0 saturated heterocycles. The highest BCUT2D eigenvalue weighted by atomic mass is 35.5. The van der Waals surface area contributed by atoms with Crippen molar-refractivity contribution in [2.45, 2.75) is 60.3 Å². The summed E-state index contributed by atoms with van der Waals surface area (Å²) in [4.78, 5) is 23.0. The Morgan fingerprint density at radius 1 is 0.837 bits per heavy atom. The van der Waals surface area contributed by atoms with Crippen LogP contribution in [0.15, 0.2) is 36.4 Å². The van der Waals surface area contributed by atoms with E-state index in [0.717, 1.165) is 54.3 Å². The maximum atomic E-state index is 14.0. The lowest BCUT2D eigenvalue weighted by Gasteiger charge is -2.27. The van der Waals surface area contributed by atoms with Crippen molar-refractivity contribution in [1.29, 1.82) is 0 Å². The van der Waals surface area contributed by atoms with E-state index in [1.54, 1.807) is 33.8 Å². The molecule has 1 amide bonds. The lowest BCUT2D eigenvalue weighted by Crippen LogP contribution is -2.37. The molecule has 0 fully saturated rings. The van der Waals surface area contributed by atoms with Crippen LogP contribution in [0.4, 0.5) is 8.78 Å². The zero-order valence-corrected chi connectivity index (χ0v) is 30.7. The molecule has 16 heteroatoms. The van der Waals surface area contributed by atoms with Crippen molar-refractivity contribution in [3.8, 4) is 0 Å². The fourth-order valence-electron chi connectivity index (χ4n) is 5.47. The summed E-state index contributed by atoms with van der Waals surface area (Å²) in [5, 5.41) is 12.6. The monoisotopic (exact) mass is 798 g/mol. The fourth-order valence-corrected chi connectivity index (χ4v) is 5.95. The molecule has 0 spiro atoms. The van der Waals surface area contributed by atoms with Crippen LogP contribution < -0.4 is 5.32 Å². The van der Waals surface area contributed by atoms with E-state index < -0.39 is 5.24 Å². The van der Waals surface area contributed by atoms with Gasteiger partial charge in [-0.2, -0.15) is 10.2 Å². The maximum Gasteiger partial charge on any atom is 0.237 e. The predicted octanol–water partition coefficient (Wildman–Crippen LogP) is 7.88. The minimum Gasteiger partial charge on any atom is -0.335 e. The Morgan fingerprint density at radius 3 is 1.80 bits per heavy atom. The summed E-state index contributed by atoms with van der Waals surface area (Å²) in [6.45, 7) is 7.58. The van der Waals surface area contributed by atoms with Crippen molar-refractivity contribution in [2.24, 2.45) is 0 Å². The molecule has 0 atom stereocenters. The molecule has 4 heterocycles. The zero-order valence-electron chi connectivity index (χ0n) is 26.1. The van der Waals surface area contributed by atoms with Crippen molar-refractivity contribution in [3.05, 3.63) is 103 Å². The van der Waals surface area contributed by atoms with Gasteiger partial charge in [-0.3, -0.25) is 19.0 Å². The number of rotatable bonds is 6. The standard InChI is InChI=1S/C16H16Cl2FN3O.C14H15ClFN3.C2H2Cl2O.CH4.ClH/c1-10-13-4-5-21(16(23)7-17)9-15(13)22(20-10)8-11-2-3-12(18)6-14(11)19;1-9-12-4-5-17-7-14(12)19(18-9)8-10-2-3-11(15)6-13(10)16;3-1-2(4)5;;/h2-3,6H,4-5,7-9H2,1H3;2-3,6,17H,4-5,7-8H2,1H3;1H2;1H4;1H. The smallest absolute Gasteiger partial charge is 0.237 e. The Bertz CT molecular complexity index is 1750. The third kappa shape index (κ3) is 11.3. The molecule has 2 aromatic carbocycles. The molecule has 2 aliphatic rings. The Kier molecular flexibility index (Phi) is 17.3. The number of nitrogens with zero attached hydrogens (tertiary/aromatic N) is 5. The number of hydrogen-bond acceptors (Lipinski definition) is 5. The molecule has 0 unspecified atom stereocenters. The van der Waals surface area contributed by atoms with Crippen molar-refractivity contribution in [2.75, 3.05) is 24.8 Å². The average Bonchev–Trinajstić information content (AvgIpc) is 3.54. The molecule has 268 valence electrons. The number of hydrogen-bond donors (Lipinski definition) is 1. The summed E-state index contributed by atoms with van der Waals surface area (Å²) in [5.41, 5.74) is 7.64. The van der Waals surface area contributed by atoms with Crippen LogP contribution >= 0.6 is 70.4 Å². The number of fused-ring (bicyclic) bond motifs is 2. The Morgan fingerprint density at radius 2 is 1.33 bits per heavy atom. The van der Waals surface area contributed by atoms with Crippen LogP contribution in [0, 0.1) is 25.5 Å². The van der Waals surface area contributed by atoms with E-state index in [-0.39, 0.29) is 49.1 Å². The van der Waals surface area contributed by atoms with Crippen LogP contribution in [-0.2, 0) is 48.6 Å². The van der Waals surface area contributed by atoms with Crippen LogP contribution in [0.3, 0.4) is 0 Å². The molecule has 2 aromatic heterocycles. The zero-order chi connectivity index (χ0) is 34.2. The van der Waals surface area contributed by atoms with Gasteiger partial charge in [0, 0.05) is 34.3 Å². The summed E-state index contributed by atoms with van der Waals surface area (Å²) in [6, 6.07) is 9.39. The topological polar surface area (TPSA) is 85.1 Å². The first kappa shape index (κ1) is 42.7.